The number of rotatable bonds is 5. The number of benzene rings is 2. The third-order valence-electron chi connectivity index (χ3n) is 6.15. The highest BCUT2D eigenvalue weighted by Gasteiger charge is 2.59. The van der Waals surface area contributed by atoms with E-state index in [0.717, 1.165) is 29.0 Å². The molecule has 160 valence electrons. The minimum Gasteiger partial charge on any atom is -0.349 e. The first kappa shape index (κ1) is 20.8. The molecule has 2 aliphatic heterocycles. The van der Waals surface area contributed by atoms with E-state index in [1.165, 1.54) is 12.1 Å². The first-order valence-electron chi connectivity index (χ1n) is 10.1. The number of nitrogens with zero attached hydrogens (tertiary/aromatic N) is 2. The van der Waals surface area contributed by atoms with Crippen LogP contribution in [0.25, 0.3) is 6.08 Å². The summed E-state index contributed by atoms with van der Waals surface area (Å²) in [5.41, 5.74) is 3.16. The minimum atomic E-state index is -0.686. The largest absolute Gasteiger partial charge is 0.349 e. The van der Waals surface area contributed by atoms with Crippen LogP contribution in [0.15, 0.2) is 60.7 Å². The van der Waals surface area contributed by atoms with Gasteiger partial charge in [-0.15, -0.1) is 0 Å². The van der Waals surface area contributed by atoms with Gasteiger partial charge >= 0.3 is 0 Å². The van der Waals surface area contributed by atoms with Crippen LogP contribution in [0.5, 0.6) is 0 Å². The van der Waals surface area contributed by atoms with Gasteiger partial charge in [0.05, 0.1) is 11.5 Å². The average Bonchev–Trinajstić information content (AvgIpc) is 3.24. The third kappa shape index (κ3) is 3.31. The van der Waals surface area contributed by atoms with Crippen LogP contribution in [0.1, 0.15) is 31.9 Å². The van der Waals surface area contributed by atoms with Crippen molar-refractivity contribution in [3.05, 3.63) is 81.9 Å². The lowest BCUT2D eigenvalue weighted by Gasteiger charge is -2.39. The molecule has 31 heavy (non-hydrogen) atoms. The van der Waals surface area contributed by atoms with E-state index in [2.05, 4.69) is 30.6 Å². The fourth-order valence-electron chi connectivity index (χ4n) is 4.40. The summed E-state index contributed by atoms with van der Waals surface area (Å²) in [7, 11) is 0. The Hall–Kier alpha value is -3.45. The molecule has 0 aliphatic carbocycles. The standard InChI is InChI=1S/C24H25N3O4/c1-16(2)22(28)25-18-7-10-21-20(15-18)23(3,4)24(26(21)13-14-31-24)12-11-17-5-8-19(9-6-17)27(29)30/h5-12,15H,1,13-14H2,2-4H3,(H,25,28)/b12-11+. The molecule has 7 heteroatoms. The zero-order chi connectivity index (χ0) is 22.4. The lowest BCUT2D eigenvalue weighted by molar-refractivity contribution is -0.384. The van der Waals surface area contributed by atoms with Crippen molar-refractivity contribution in [1.82, 2.24) is 0 Å². The Kier molecular flexibility index (Phi) is 4.94. The number of fused-ring (bicyclic) bond motifs is 3. The van der Waals surface area contributed by atoms with E-state index < -0.39 is 16.1 Å². The lowest BCUT2D eigenvalue weighted by Crippen LogP contribution is -2.51. The van der Waals surface area contributed by atoms with Crippen LogP contribution >= 0.6 is 0 Å². The number of nitrogens with one attached hydrogen (secondary N) is 1. The number of carbonyl (C=O) groups is 1. The summed E-state index contributed by atoms with van der Waals surface area (Å²) in [5, 5.41) is 13.8. The first-order chi connectivity index (χ1) is 14.7. The maximum Gasteiger partial charge on any atom is 0.269 e. The highest BCUT2D eigenvalue weighted by Crippen LogP contribution is 2.55. The van der Waals surface area contributed by atoms with Crippen molar-refractivity contribution in [2.45, 2.75) is 31.9 Å². The fraction of sp³-hybridized carbons (Fsp3) is 0.292. The molecular formula is C24H25N3O4. The second kappa shape index (κ2) is 7.35. The Morgan fingerprint density at radius 2 is 1.97 bits per heavy atom. The summed E-state index contributed by atoms with van der Waals surface area (Å²) < 4.78 is 6.33. The Bertz CT molecular complexity index is 1100. The van der Waals surface area contributed by atoms with Gasteiger partial charge in [-0.3, -0.25) is 14.9 Å². The molecule has 2 aromatic rings. The molecule has 4 rings (SSSR count). The Morgan fingerprint density at radius 1 is 1.26 bits per heavy atom. The van der Waals surface area contributed by atoms with Crippen LogP contribution in [0.2, 0.25) is 0 Å². The summed E-state index contributed by atoms with van der Waals surface area (Å²) in [4.78, 5) is 24.8. The van der Waals surface area contributed by atoms with Gasteiger partial charge in [0.15, 0.2) is 5.72 Å². The van der Waals surface area contributed by atoms with Crippen molar-refractivity contribution < 1.29 is 14.5 Å². The van der Waals surface area contributed by atoms with Crippen molar-refractivity contribution >= 4 is 29.0 Å². The third-order valence-corrected chi connectivity index (χ3v) is 6.15. The maximum atomic E-state index is 12.1. The predicted octanol–water partition coefficient (Wildman–Crippen LogP) is 4.65. The maximum absolute atomic E-state index is 12.1. The second-order valence-corrected chi connectivity index (χ2v) is 8.47. The molecule has 7 nitrogen and oxygen atoms in total. The number of hydrogen-bond donors (Lipinski definition) is 1. The van der Waals surface area contributed by atoms with E-state index in [4.69, 9.17) is 4.74 Å². The Morgan fingerprint density at radius 3 is 2.61 bits per heavy atom. The predicted molar refractivity (Wildman–Crippen MR) is 121 cm³/mol. The summed E-state index contributed by atoms with van der Waals surface area (Å²) in [6.45, 7) is 11.0. The average molecular weight is 419 g/mol. The molecule has 1 saturated heterocycles. The number of non-ortho nitro benzene ring substituents is 1. The SMILES string of the molecule is C=C(C)C(=O)Nc1ccc2c(c1)C(C)(C)C1(/C=C/c3ccc([N+](=O)[O-])cc3)OCCN21. The van der Waals surface area contributed by atoms with Gasteiger partial charge in [0.2, 0.25) is 0 Å². The Labute approximate surface area is 181 Å². The summed E-state index contributed by atoms with van der Waals surface area (Å²) in [6.07, 6.45) is 3.98. The van der Waals surface area contributed by atoms with Crippen molar-refractivity contribution in [1.29, 1.82) is 0 Å². The monoisotopic (exact) mass is 419 g/mol. The van der Waals surface area contributed by atoms with E-state index in [1.807, 2.05) is 30.4 Å². The summed E-state index contributed by atoms with van der Waals surface area (Å²) in [6, 6.07) is 12.4. The molecule has 0 spiro atoms. The number of nitro groups is 1. The molecule has 1 atom stereocenters. The number of anilines is 2. The minimum absolute atomic E-state index is 0.0620. The van der Waals surface area contributed by atoms with Crippen LogP contribution in [0.3, 0.4) is 0 Å². The zero-order valence-electron chi connectivity index (χ0n) is 17.8. The molecule has 0 radical (unpaired) electrons. The highest BCUT2D eigenvalue weighted by atomic mass is 16.6. The van der Waals surface area contributed by atoms with Crippen LogP contribution in [-0.2, 0) is 14.9 Å². The smallest absolute Gasteiger partial charge is 0.269 e. The van der Waals surface area contributed by atoms with E-state index in [9.17, 15) is 14.9 Å². The van der Waals surface area contributed by atoms with Crippen molar-refractivity contribution in [3.8, 4) is 0 Å². The molecule has 1 N–H and O–H groups in total. The van der Waals surface area contributed by atoms with Crippen LogP contribution in [0.4, 0.5) is 17.1 Å². The highest BCUT2D eigenvalue weighted by molar-refractivity contribution is 6.03. The number of ether oxygens (including phenoxy) is 1. The first-order valence-corrected chi connectivity index (χ1v) is 10.1. The van der Waals surface area contributed by atoms with Gasteiger partial charge < -0.3 is 15.0 Å². The molecule has 0 saturated carbocycles. The summed E-state index contributed by atoms with van der Waals surface area (Å²) >= 11 is 0. The number of amides is 1. The topological polar surface area (TPSA) is 84.7 Å². The van der Waals surface area contributed by atoms with Gasteiger partial charge in [-0.25, -0.2) is 0 Å². The second-order valence-electron chi connectivity index (χ2n) is 8.47. The van der Waals surface area contributed by atoms with E-state index in [1.54, 1.807) is 19.1 Å². The molecule has 2 heterocycles. The summed E-state index contributed by atoms with van der Waals surface area (Å²) in [5.74, 6) is -0.208. The van der Waals surface area contributed by atoms with Gasteiger partial charge in [-0.2, -0.15) is 0 Å². The molecule has 0 bridgehead atoms. The van der Waals surface area contributed by atoms with Gasteiger partial charge in [-0.05, 0) is 54.5 Å². The quantitative estimate of drug-likeness (QED) is 0.433. The van der Waals surface area contributed by atoms with E-state index in [0.29, 0.717) is 12.2 Å². The van der Waals surface area contributed by atoms with Crippen molar-refractivity contribution in [2.24, 2.45) is 0 Å². The lowest BCUT2D eigenvalue weighted by atomic mass is 9.77. The molecule has 1 amide bonds. The normalized spacial score (nSPS) is 21.1. The fourth-order valence-corrected chi connectivity index (χ4v) is 4.40. The van der Waals surface area contributed by atoms with Crippen molar-refractivity contribution in [3.63, 3.8) is 0 Å². The zero-order valence-corrected chi connectivity index (χ0v) is 17.8. The van der Waals surface area contributed by atoms with Gasteiger partial charge in [0.1, 0.15) is 0 Å². The van der Waals surface area contributed by atoms with Gasteiger partial charge in [-0.1, -0.05) is 26.5 Å². The molecule has 1 fully saturated rings. The molecule has 2 aliphatic rings. The van der Waals surface area contributed by atoms with E-state index in [-0.39, 0.29) is 11.6 Å². The molecular weight excluding hydrogens is 394 g/mol. The van der Waals surface area contributed by atoms with E-state index >= 15 is 0 Å². The molecule has 1 unspecified atom stereocenters. The molecule has 0 aromatic heterocycles. The van der Waals surface area contributed by atoms with Gasteiger partial charge in [0.25, 0.3) is 11.6 Å². The Balaban J connectivity index is 1.69. The molecule has 2 aromatic carbocycles. The van der Waals surface area contributed by atoms with Crippen molar-refractivity contribution in [2.75, 3.05) is 23.4 Å². The van der Waals surface area contributed by atoms with Gasteiger partial charge in [0, 0.05) is 41.0 Å². The van der Waals surface area contributed by atoms with Crippen LogP contribution in [0, 0.1) is 10.1 Å². The number of nitro benzene ring substituents is 1. The van der Waals surface area contributed by atoms with Crippen LogP contribution in [-0.4, -0.2) is 29.7 Å². The number of carbonyl (C=O) groups excluding carboxylic acids is 1. The number of hydrogen-bond acceptors (Lipinski definition) is 5. The van der Waals surface area contributed by atoms with Crippen LogP contribution < -0.4 is 10.2 Å².